The summed E-state index contributed by atoms with van der Waals surface area (Å²) in [5.74, 6) is 1.39. The van der Waals surface area contributed by atoms with Crippen LogP contribution >= 0.6 is 0 Å². The number of methoxy groups -OCH3 is 1. The zero-order valence-electron chi connectivity index (χ0n) is 12.7. The molecule has 3 rings (SSSR count). The number of fused-ring (bicyclic) bond motifs is 3. The van der Waals surface area contributed by atoms with Gasteiger partial charge < -0.3 is 9.53 Å². The summed E-state index contributed by atoms with van der Waals surface area (Å²) >= 11 is 0. The second kappa shape index (κ2) is 4.61. The molecule has 1 aromatic rings. The van der Waals surface area contributed by atoms with Crippen molar-refractivity contribution in [1.29, 1.82) is 0 Å². The van der Waals surface area contributed by atoms with Gasteiger partial charge in [0.25, 0.3) is 0 Å². The second-order valence-electron chi connectivity index (χ2n) is 7.01. The van der Waals surface area contributed by atoms with Crippen LogP contribution in [0.2, 0.25) is 0 Å². The highest BCUT2D eigenvalue weighted by Crippen LogP contribution is 2.56. The predicted molar refractivity (Wildman–Crippen MR) is 80.2 cm³/mol. The summed E-state index contributed by atoms with van der Waals surface area (Å²) in [5.41, 5.74) is 2.82. The molecule has 0 spiro atoms. The zero-order chi connectivity index (χ0) is 14.4. The first-order valence-electron chi connectivity index (χ1n) is 7.67. The van der Waals surface area contributed by atoms with E-state index >= 15 is 0 Å². The summed E-state index contributed by atoms with van der Waals surface area (Å²) in [7, 11) is 1.72. The van der Waals surface area contributed by atoms with E-state index in [9.17, 15) is 4.79 Å². The summed E-state index contributed by atoms with van der Waals surface area (Å²) in [6.45, 7) is 4.52. The number of benzene rings is 1. The molecule has 0 N–H and O–H groups in total. The molecule has 3 atom stereocenters. The molecule has 2 nitrogen and oxygen atoms in total. The quantitative estimate of drug-likeness (QED) is 0.763. The lowest BCUT2D eigenvalue weighted by Crippen LogP contribution is -2.49. The number of hydrogen-bond acceptors (Lipinski definition) is 2. The number of aryl methyl sites for hydroxylation is 1. The van der Waals surface area contributed by atoms with Crippen LogP contribution in [0.1, 0.15) is 50.7 Å². The molecule has 1 saturated carbocycles. The Kier molecular flexibility index (Phi) is 3.15. The number of hydrogen-bond donors (Lipinski definition) is 0. The van der Waals surface area contributed by atoms with Gasteiger partial charge in [-0.2, -0.15) is 0 Å². The summed E-state index contributed by atoms with van der Waals surface area (Å²) in [4.78, 5) is 11.7. The molecule has 2 aliphatic carbocycles. The Labute approximate surface area is 121 Å². The van der Waals surface area contributed by atoms with Crippen molar-refractivity contribution in [3.63, 3.8) is 0 Å². The molecule has 108 valence electrons. The maximum atomic E-state index is 11.7. The van der Waals surface area contributed by atoms with Gasteiger partial charge in [0.2, 0.25) is 0 Å². The Morgan fingerprint density at radius 1 is 1.30 bits per heavy atom. The maximum absolute atomic E-state index is 11.7. The molecule has 0 saturated heterocycles. The third-order valence-electron chi connectivity index (χ3n) is 5.88. The van der Waals surface area contributed by atoms with Gasteiger partial charge in [0, 0.05) is 5.41 Å². The summed E-state index contributed by atoms with van der Waals surface area (Å²) in [6, 6.07) is 6.48. The molecule has 0 radical (unpaired) electrons. The maximum Gasteiger partial charge on any atom is 0.126 e. The van der Waals surface area contributed by atoms with E-state index in [0.717, 1.165) is 31.4 Å². The van der Waals surface area contributed by atoms with E-state index < -0.39 is 0 Å². The van der Waals surface area contributed by atoms with E-state index in [0.29, 0.717) is 5.92 Å². The molecule has 1 aromatic carbocycles. The summed E-state index contributed by atoms with van der Waals surface area (Å²) < 4.78 is 5.41. The summed E-state index contributed by atoms with van der Waals surface area (Å²) in [5, 5.41) is 0. The first kappa shape index (κ1) is 13.7. The SMILES string of the molecule is COc1ccc2c(c1)[C@@]1(C)CCC[C@@](C)(C=O)[C@H]1CC2. The first-order chi connectivity index (χ1) is 9.53. The molecule has 0 bridgehead atoms. The largest absolute Gasteiger partial charge is 0.497 e. The third kappa shape index (κ3) is 1.81. The number of carbonyl (C=O) groups excluding carboxylic acids is 1. The van der Waals surface area contributed by atoms with Crippen LogP contribution < -0.4 is 4.74 Å². The third-order valence-corrected chi connectivity index (χ3v) is 5.88. The smallest absolute Gasteiger partial charge is 0.126 e. The van der Waals surface area contributed by atoms with Gasteiger partial charge in [-0.05, 0) is 60.3 Å². The topological polar surface area (TPSA) is 26.3 Å². The second-order valence-corrected chi connectivity index (χ2v) is 7.01. The number of rotatable bonds is 2. The highest BCUT2D eigenvalue weighted by atomic mass is 16.5. The molecule has 0 unspecified atom stereocenters. The van der Waals surface area contributed by atoms with Crippen LogP contribution in [-0.2, 0) is 16.6 Å². The fraction of sp³-hybridized carbons (Fsp3) is 0.611. The predicted octanol–water partition coefficient (Wildman–Crippen LogP) is 3.90. The number of ether oxygens (including phenoxy) is 1. The molecule has 2 heteroatoms. The lowest BCUT2D eigenvalue weighted by atomic mass is 9.50. The minimum Gasteiger partial charge on any atom is -0.497 e. The lowest BCUT2D eigenvalue weighted by Gasteiger charge is -2.53. The van der Waals surface area contributed by atoms with Gasteiger partial charge in [-0.25, -0.2) is 0 Å². The molecule has 2 aliphatic rings. The average molecular weight is 272 g/mol. The van der Waals surface area contributed by atoms with E-state index in [4.69, 9.17) is 4.74 Å². The molecular weight excluding hydrogens is 248 g/mol. The Morgan fingerprint density at radius 3 is 2.80 bits per heavy atom. The van der Waals surface area contributed by atoms with Crippen LogP contribution in [0.5, 0.6) is 5.75 Å². The normalized spacial score (nSPS) is 35.9. The Hall–Kier alpha value is -1.31. The standard InChI is InChI=1S/C18H24O2/c1-17(12-19)9-4-10-18(2)15-11-14(20-3)7-5-13(15)6-8-16(17)18/h5,7,11-12,16H,4,6,8-10H2,1-3H3/t16-,17+,18-/m1/s1. The van der Waals surface area contributed by atoms with Gasteiger partial charge in [0.15, 0.2) is 0 Å². The van der Waals surface area contributed by atoms with Gasteiger partial charge in [0.05, 0.1) is 7.11 Å². The minimum atomic E-state index is -0.159. The molecule has 0 amide bonds. The Bertz CT molecular complexity index is 536. The fourth-order valence-corrected chi connectivity index (χ4v) is 4.76. The molecule has 0 aromatic heterocycles. The van der Waals surface area contributed by atoms with Crippen molar-refractivity contribution in [2.75, 3.05) is 7.11 Å². The van der Waals surface area contributed by atoms with E-state index in [1.165, 1.54) is 23.8 Å². The molecule has 1 fully saturated rings. The van der Waals surface area contributed by atoms with E-state index in [1.807, 2.05) is 0 Å². The lowest BCUT2D eigenvalue weighted by molar-refractivity contribution is -0.123. The van der Waals surface area contributed by atoms with Crippen LogP contribution in [0.25, 0.3) is 0 Å². The molecular formula is C18H24O2. The molecule has 0 aliphatic heterocycles. The van der Waals surface area contributed by atoms with Gasteiger partial charge in [-0.1, -0.05) is 26.3 Å². The first-order valence-corrected chi connectivity index (χ1v) is 7.67. The van der Waals surface area contributed by atoms with Crippen molar-refractivity contribution in [2.45, 2.75) is 51.4 Å². The van der Waals surface area contributed by atoms with E-state index in [1.54, 1.807) is 7.11 Å². The fourth-order valence-electron chi connectivity index (χ4n) is 4.76. The highest BCUT2D eigenvalue weighted by Gasteiger charge is 2.51. The van der Waals surface area contributed by atoms with Crippen LogP contribution in [0.15, 0.2) is 18.2 Å². The van der Waals surface area contributed by atoms with E-state index in [2.05, 4.69) is 32.0 Å². The van der Waals surface area contributed by atoms with Crippen LogP contribution in [0, 0.1) is 11.3 Å². The van der Waals surface area contributed by atoms with Crippen LogP contribution in [0.3, 0.4) is 0 Å². The van der Waals surface area contributed by atoms with Crippen molar-refractivity contribution in [1.82, 2.24) is 0 Å². The molecule has 0 heterocycles. The monoisotopic (exact) mass is 272 g/mol. The van der Waals surface area contributed by atoms with Gasteiger partial charge in [-0.15, -0.1) is 0 Å². The summed E-state index contributed by atoms with van der Waals surface area (Å²) in [6.07, 6.45) is 6.80. The van der Waals surface area contributed by atoms with Gasteiger partial charge in [0.1, 0.15) is 12.0 Å². The number of aldehydes is 1. The van der Waals surface area contributed by atoms with E-state index in [-0.39, 0.29) is 10.8 Å². The number of carbonyl (C=O) groups is 1. The van der Waals surface area contributed by atoms with Crippen molar-refractivity contribution in [2.24, 2.45) is 11.3 Å². The van der Waals surface area contributed by atoms with Crippen molar-refractivity contribution >= 4 is 6.29 Å². The van der Waals surface area contributed by atoms with Crippen molar-refractivity contribution < 1.29 is 9.53 Å². The molecule has 20 heavy (non-hydrogen) atoms. The van der Waals surface area contributed by atoms with Crippen molar-refractivity contribution in [3.8, 4) is 5.75 Å². The Balaban J connectivity index is 2.11. The zero-order valence-corrected chi connectivity index (χ0v) is 12.7. The van der Waals surface area contributed by atoms with Crippen LogP contribution in [-0.4, -0.2) is 13.4 Å². The minimum absolute atomic E-state index is 0.121. The average Bonchev–Trinajstić information content (AvgIpc) is 2.46. The Morgan fingerprint density at radius 2 is 2.10 bits per heavy atom. The van der Waals surface area contributed by atoms with Gasteiger partial charge >= 0.3 is 0 Å². The highest BCUT2D eigenvalue weighted by molar-refractivity contribution is 5.61. The van der Waals surface area contributed by atoms with Crippen molar-refractivity contribution in [3.05, 3.63) is 29.3 Å². The van der Waals surface area contributed by atoms with Gasteiger partial charge in [-0.3, -0.25) is 0 Å². The van der Waals surface area contributed by atoms with Crippen LogP contribution in [0.4, 0.5) is 0 Å².